The average Bonchev–Trinajstić information content (AvgIpc) is 2.16. The van der Waals surface area contributed by atoms with Crippen molar-refractivity contribution in [3.8, 4) is 0 Å². The van der Waals surface area contributed by atoms with Gasteiger partial charge in [0.25, 0.3) is 11.8 Å². The molecule has 1 aromatic rings. The smallest absolute Gasteiger partial charge is 0.319 e. The predicted octanol–water partition coefficient (Wildman–Crippen LogP) is -0.617. The summed E-state index contributed by atoms with van der Waals surface area (Å²) < 4.78 is 23.0. The number of pyridine rings is 1. The van der Waals surface area contributed by atoms with E-state index in [-0.39, 0.29) is 11.3 Å². The van der Waals surface area contributed by atoms with Gasteiger partial charge in [-0.15, -0.1) is 0 Å². The maximum absolute atomic E-state index is 11.2. The van der Waals surface area contributed by atoms with Crippen molar-refractivity contribution in [2.75, 3.05) is 0 Å². The van der Waals surface area contributed by atoms with Gasteiger partial charge in [0.1, 0.15) is 5.69 Å². The number of nitrogens with two attached hydrogens (primary N) is 1. The summed E-state index contributed by atoms with van der Waals surface area (Å²) in [6.45, 7) is 0. The van der Waals surface area contributed by atoms with Crippen molar-refractivity contribution in [3.05, 3.63) is 29.6 Å². The van der Waals surface area contributed by atoms with Crippen molar-refractivity contribution in [1.29, 1.82) is 0 Å². The Morgan fingerprint density at radius 1 is 1.40 bits per heavy atom. The number of hydrogen-bond donors (Lipinski definition) is 1. The lowest BCUT2D eigenvalue weighted by molar-refractivity contribution is 0.0965. The summed E-state index contributed by atoms with van der Waals surface area (Å²) in [5.41, 5.74) is 4.38. The Balaban J connectivity index is 3.31. The molecule has 0 spiro atoms. The molecule has 0 saturated carbocycles. The molecule has 0 aliphatic heterocycles. The first-order valence-electron chi connectivity index (χ1n) is 3.62. The first-order valence-corrected chi connectivity index (χ1v) is 4.66. The first kappa shape index (κ1) is 11.0. The molecule has 0 fully saturated rings. The van der Waals surface area contributed by atoms with Crippen LogP contribution in [0.2, 0.25) is 0 Å². The van der Waals surface area contributed by atoms with Gasteiger partial charge in [-0.3, -0.25) is 14.6 Å². The van der Waals surface area contributed by atoms with E-state index in [9.17, 15) is 18.0 Å². The van der Waals surface area contributed by atoms with Crippen molar-refractivity contribution in [1.82, 2.24) is 4.98 Å². The molecule has 15 heavy (non-hydrogen) atoms. The molecule has 2 N–H and O–H groups in total. The fraction of sp³-hybridized carbons (Fsp3) is 0. The second-order valence-electron chi connectivity index (χ2n) is 2.38. The predicted molar refractivity (Wildman–Crippen MR) is 48.4 cm³/mol. The van der Waals surface area contributed by atoms with E-state index in [0.29, 0.717) is 0 Å². The first-order chi connectivity index (χ1) is 7.02. The SMILES string of the molecule is NC(=O)c1ncccc1C(=O)N=S(=O)=O. The van der Waals surface area contributed by atoms with E-state index in [0.717, 1.165) is 0 Å². The Bertz CT molecular complexity index is 541. The van der Waals surface area contributed by atoms with Crippen LogP contribution < -0.4 is 5.73 Å². The summed E-state index contributed by atoms with van der Waals surface area (Å²) in [6.07, 6.45) is 1.25. The van der Waals surface area contributed by atoms with Crippen LogP contribution in [-0.2, 0) is 10.5 Å². The molecule has 78 valence electrons. The quantitative estimate of drug-likeness (QED) is 0.722. The number of aromatic nitrogens is 1. The van der Waals surface area contributed by atoms with Gasteiger partial charge in [-0.05, 0) is 12.1 Å². The van der Waals surface area contributed by atoms with Crippen LogP contribution in [0.5, 0.6) is 0 Å². The van der Waals surface area contributed by atoms with E-state index < -0.39 is 22.3 Å². The van der Waals surface area contributed by atoms with Crippen molar-refractivity contribution in [2.24, 2.45) is 10.1 Å². The third-order valence-electron chi connectivity index (χ3n) is 1.43. The maximum atomic E-state index is 11.2. The maximum Gasteiger partial charge on any atom is 0.319 e. The Morgan fingerprint density at radius 2 is 2.07 bits per heavy atom. The van der Waals surface area contributed by atoms with Crippen LogP contribution in [0.25, 0.3) is 0 Å². The van der Waals surface area contributed by atoms with Crippen LogP contribution in [0.15, 0.2) is 22.7 Å². The summed E-state index contributed by atoms with van der Waals surface area (Å²) in [4.78, 5) is 25.5. The highest BCUT2D eigenvalue weighted by atomic mass is 32.2. The second-order valence-corrected chi connectivity index (χ2v) is 2.99. The standard InChI is InChI=1S/C7H5N3O4S/c8-6(11)5-4(2-1-3-9-5)7(12)10-15(13)14/h1-3H,(H2,8,11). The summed E-state index contributed by atoms with van der Waals surface area (Å²) in [6, 6.07) is 2.58. The molecule has 0 aromatic carbocycles. The molecule has 8 heteroatoms. The van der Waals surface area contributed by atoms with Gasteiger partial charge < -0.3 is 5.73 Å². The van der Waals surface area contributed by atoms with Crippen molar-refractivity contribution in [2.45, 2.75) is 0 Å². The number of rotatable bonds is 2. The molecule has 0 unspecified atom stereocenters. The lowest BCUT2D eigenvalue weighted by Gasteiger charge is -1.98. The van der Waals surface area contributed by atoms with Gasteiger partial charge in [-0.2, -0.15) is 8.42 Å². The van der Waals surface area contributed by atoms with Gasteiger partial charge in [-0.1, -0.05) is 4.36 Å². The van der Waals surface area contributed by atoms with Crippen LogP contribution in [0.4, 0.5) is 0 Å². The largest absolute Gasteiger partial charge is 0.364 e. The number of hydrogen-bond acceptors (Lipinski definition) is 5. The Hall–Kier alpha value is -2.09. The van der Waals surface area contributed by atoms with Crippen molar-refractivity contribution >= 4 is 22.3 Å². The van der Waals surface area contributed by atoms with Gasteiger partial charge in [0, 0.05) is 6.20 Å². The molecular formula is C7H5N3O4S. The van der Waals surface area contributed by atoms with Crippen molar-refractivity contribution < 1.29 is 18.0 Å². The molecule has 7 nitrogen and oxygen atoms in total. The lowest BCUT2D eigenvalue weighted by Crippen LogP contribution is -2.17. The van der Waals surface area contributed by atoms with Crippen LogP contribution in [0.1, 0.15) is 20.8 Å². The zero-order valence-corrected chi connectivity index (χ0v) is 8.06. The minimum absolute atomic E-state index is 0.241. The second kappa shape index (κ2) is 4.42. The van der Waals surface area contributed by atoms with E-state index in [2.05, 4.69) is 9.35 Å². The molecule has 0 radical (unpaired) electrons. The van der Waals surface area contributed by atoms with Gasteiger partial charge in [0.2, 0.25) is 0 Å². The summed E-state index contributed by atoms with van der Waals surface area (Å²) >= 11 is 0. The van der Waals surface area contributed by atoms with E-state index in [1.807, 2.05) is 0 Å². The van der Waals surface area contributed by atoms with Gasteiger partial charge >= 0.3 is 10.5 Å². The third kappa shape index (κ3) is 2.68. The van der Waals surface area contributed by atoms with Crippen LogP contribution in [-0.4, -0.2) is 25.2 Å². The molecule has 0 aliphatic carbocycles. The van der Waals surface area contributed by atoms with Crippen molar-refractivity contribution in [3.63, 3.8) is 0 Å². The topological polar surface area (TPSA) is 120 Å². The van der Waals surface area contributed by atoms with Gasteiger partial charge in [0.05, 0.1) is 5.56 Å². The number of nitrogens with zero attached hydrogens (tertiary/aromatic N) is 2. The van der Waals surface area contributed by atoms with E-state index in [1.54, 1.807) is 0 Å². The summed E-state index contributed by atoms with van der Waals surface area (Å²) in [5.74, 6) is -2.00. The molecular weight excluding hydrogens is 222 g/mol. The fourth-order valence-corrected chi connectivity index (χ4v) is 1.12. The zero-order chi connectivity index (χ0) is 11.4. The number of carbonyl (C=O) groups is 2. The zero-order valence-electron chi connectivity index (χ0n) is 7.25. The van der Waals surface area contributed by atoms with E-state index in [4.69, 9.17) is 5.73 Å². The van der Waals surface area contributed by atoms with Crippen LogP contribution in [0, 0.1) is 0 Å². The average molecular weight is 227 g/mol. The van der Waals surface area contributed by atoms with Crippen LogP contribution in [0.3, 0.4) is 0 Å². The highest BCUT2D eigenvalue weighted by Gasteiger charge is 2.15. The molecule has 2 amide bonds. The highest BCUT2D eigenvalue weighted by molar-refractivity contribution is 7.62. The number of primary amides is 1. The highest BCUT2D eigenvalue weighted by Crippen LogP contribution is 2.06. The lowest BCUT2D eigenvalue weighted by atomic mass is 10.2. The number of amides is 2. The Labute approximate surface area is 85.6 Å². The summed E-state index contributed by atoms with van der Waals surface area (Å²) in [5, 5.41) is 0. The number of carbonyl (C=O) groups excluding carboxylic acids is 2. The minimum atomic E-state index is -2.87. The summed E-state index contributed by atoms with van der Waals surface area (Å²) in [7, 11) is -2.87. The monoisotopic (exact) mass is 227 g/mol. The molecule has 1 heterocycles. The van der Waals surface area contributed by atoms with Gasteiger partial charge in [0.15, 0.2) is 0 Å². The molecule has 0 bridgehead atoms. The molecule has 1 rings (SSSR count). The third-order valence-corrected chi connectivity index (χ3v) is 1.74. The van der Waals surface area contributed by atoms with Crippen LogP contribution >= 0.6 is 0 Å². The molecule has 0 atom stereocenters. The molecule has 0 aliphatic rings. The Morgan fingerprint density at radius 3 is 2.60 bits per heavy atom. The fourth-order valence-electron chi connectivity index (χ4n) is 0.891. The molecule has 0 saturated heterocycles. The van der Waals surface area contributed by atoms with E-state index >= 15 is 0 Å². The normalized spacial score (nSPS) is 9.33. The minimum Gasteiger partial charge on any atom is -0.364 e. The van der Waals surface area contributed by atoms with Gasteiger partial charge in [-0.25, -0.2) is 0 Å². The molecule has 1 aromatic heterocycles. The van der Waals surface area contributed by atoms with E-state index in [1.165, 1.54) is 18.3 Å². The Kier molecular flexibility index (Phi) is 3.24.